The molecule has 0 aliphatic heterocycles. The lowest BCUT2D eigenvalue weighted by Crippen LogP contribution is -2.35. The number of carbonyl (C=O) groups excluding carboxylic acids is 1. The predicted molar refractivity (Wildman–Crippen MR) is 148 cm³/mol. The molecule has 0 heterocycles. The third-order valence-electron chi connectivity index (χ3n) is 6.27. The van der Waals surface area contributed by atoms with E-state index in [0.717, 1.165) is 55.6 Å². The van der Waals surface area contributed by atoms with Crippen molar-refractivity contribution in [3.05, 3.63) is 96.6 Å². The lowest BCUT2D eigenvalue weighted by atomic mass is 9.69. The number of methoxy groups -OCH3 is 2. The molecule has 1 unspecified atom stereocenters. The van der Waals surface area contributed by atoms with Crippen LogP contribution in [0.3, 0.4) is 0 Å². The van der Waals surface area contributed by atoms with Crippen LogP contribution < -0.4 is 9.47 Å². The first-order valence-electron chi connectivity index (χ1n) is 13.1. The molecule has 1 aliphatic carbocycles. The summed E-state index contributed by atoms with van der Waals surface area (Å²) in [5.74, 6) is 2.00. The average Bonchev–Trinajstić information content (AvgIpc) is 2.91. The number of esters is 1. The summed E-state index contributed by atoms with van der Waals surface area (Å²) in [5.41, 5.74) is 1.14. The second-order valence-electron chi connectivity index (χ2n) is 8.84. The summed E-state index contributed by atoms with van der Waals surface area (Å²) in [5, 5.41) is 0. The second-order valence-corrected chi connectivity index (χ2v) is 8.84. The fourth-order valence-electron chi connectivity index (χ4n) is 4.23. The Kier molecular flexibility index (Phi) is 13.8. The molecule has 0 N–H and O–H groups in total. The fraction of sp³-hybridized carbons (Fsp3) is 0.406. The van der Waals surface area contributed by atoms with Crippen LogP contribution in [0.1, 0.15) is 63.9 Å². The van der Waals surface area contributed by atoms with Crippen LogP contribution in [-0.2, 0) is 9.53 Å². The first kappa shape index (κ1) is 29.0. The van der Waals surface area contributed by atoms with Gasteiger partial charge in [-0.1, -0.05) is 99.5 Å². The first-order chi connectivity index (χ1) is 17.6. The van der Waals surface area contributed by atoms with Gasteiger partial charge in [-0.15, -0.1) is 0 Å². The lowest BCUT2D eigenvalue weighted by Gasteiger charge is -2.36. The van der Waals surface area contributed by atoms with E-state index < -0.39 is 0 Å². The molecule has 0 saturated heterocycles. The quantitative estimate of drug-likeness (QED) is 0.284. The van der Waals surface area contributed by atoms with E-state index in [1.807, 2.05) is 84.9 Å². The third-order valence-corrected chi connectivity index (χ3v) is 6.27. The maximum Gasteiger partial charge on any atom is 0.309 e. The molecule has 0 aromatic heterocycles. The Bertz CT molecular complexity index is 925. The summed E-state index contributed by atoms with van der Waals surface area (Å²) in [7, 11) is 3.35. The molecule has 1 saturated carbocycles. The van der Waals surface area contributed by atoms with Gasteiger partial charge < -0.3 is 14.2 Å². The van der Waals surface area contributed by atoms with Crippen molar-refractivity contribution in [3.63, 3.8) is 0 Å². The Balaban J connectivity index is 0.000000263. The Hall–Kier alpha value is -3.27. The molecular weight excluding hydrogens is 448 g/mol. The molecule has 0 bridgehead atoms. The van der Waals surface area contributed by atoms with Gasteiger partial charge in [0.15, 0.2) is 0 Å². The SMILES string of the molecule is CCCC(CCC)OC(=O)[C@@H]1CCC1c1ccccc1OC.COc1ccccc1.c1ccccc1. The van der Waals surface area contributed by atoms with E-state index in [2.05, 4.69) is 19.9 Å². The topological polar surface area (TPSA) is 44.8 Å². The van der Waals surface area contributed by atoms with Crippen molar-refractivity contribution in [3.8, 4) is 11.5 Å². The number of hydrogen-bond donors (Lipinski definition) is 0. The van der Waals surface area contributed by atoms with E-state index >= 15 is 0 Å². The van der Waals surface area contributed by atoms with Crippen LogP contribution in [0.25, 0.3) is 0 Å². The van der Waals surface area contributed by atoms with Crippen molar-refractivity contribution in [1.82, 2.24) is 0 Å². The molecule has 1 aliphatic rings. The van der Waals surface area contributed by atoms with Gasteiger partial charge in [0, 0.05) is 5.92 Å². The largest absolute Gasteiger partial charge is 0.497 e. The minimum Gasteiger partial charge on any atom is -0.497 e. The third kappa shape index (κ3) is 9.77. The highest BCUT2D eigenvalue weighted by molar-refractivity contribution is 5.75. The van der Waals surface area contributed by atoms with Crippen LogP contribution in [0, 0.1) is 5.92 Å². The number of para-hydroxylation sites is 2. The van der Waals surface area contributed by atoms with Crippen molar-refractivity contribution in [2.45, 2.75) is 64.4 Å². The molecule has 4 nitrogen and oxygen atoms in total. The summed E-state index contributed by atoms with van der Waals surface area (Å²) < 4.78 is 16.1. The van der Waals surface area contributed by atoms with Gasteiger partial charge in [0.2, 0.25) is 0 Å². The van der Waals surface area contributed by atoms with Crippen molar-refractivity contribution < 1.29 is 19.0 Å². The van der Waals surface area contributed by atoms with Gasteiger partial charge in [0.25, 0.3) is 0 Å². The highest BCUT2D eigenvalue weighted by Gasteiger charge is 2.40. The molecule has 0 spiro atoms. The Morgan fingerprint density at radius 2 is 1.28 bits per heavy atom. The molecule has 0 amide bonds. The highest BCUT2D eigenvalue weighted by Crippen LogP contribution is 2.46. The molecule has 3 aromatic carbocycles. The first-order valence-corrected chi connectivity index (χ1v) is 13.1. The van der Waals surface area contributed by atoms with E-state index in [1.54, 1.807) is 14.2 Å². The molecule has 4 heteroatoms. The summed E-state index contributed by atoms with van der Waals surface area (Å²) in [6.45, 7) is 4.27. The standard InChI is InChI=1S/C19H28O3.C7H8O.C6H6/c1-4-8-14(9-5-2)22-19(20)17-13-12-15(17)16-10-6-7-11-18(16)21-3;1-8-7-5-3-2-4-6-7;1-2-4-6-5-3-1/h6-7,10-11,14-15,17H,4-5,8-9,12-13H2,1-3H3;2-6H,1H3;1-6H/t15?,17-;;/m1../s1. The van der Waals surface area contributed by atoms with Crippen LogP contribution in [0.5, 0.6) is 11.5 Å². The van der Waals surface area contributed by atoms with E-state index in [4.69, 9.17) is 14.2 Å². The zero-order valence-electron chi connectivity index (χ0n) is 22.3. The zero-order chi connectivity index (χ0) is 26.0. The van der Waals surface area contributed by atoms with Crippen LogP contribution >= 0.6 is 0 Å². The Labute approximate surface area is 217 Å². The van der Waals surface area contributed by atoms with Crippen LogP contribution in [0.4, 0.5) is 0 Å². The molecule has 0 radical (unpaired) electrons. The van der Waals surface area contributed by atoms with Crippen LogP contribution in [-0.4, -0.2) is 26.3 Å². The van der Waals surface area contributed by atoms with E-state index in [-0.39, 0.29) is 23.9 Å². The number of rotatable bonds is 9. The molecule has 36 heavy (non-hydrogen) atoms. The Morgan fingerprint density at radius 1 is 0.750 bits per heavy atom. The van der Waals surface area contributed by atoms with Gasteiger partial charge in [-0.3, -0.25) is 4.79 Å². The summed E-state index contributed by atoms with van der Waals surface area (Å²) >= 11 is 0. The van der Waals surface area contributed by atoms with Crippen LogP contribution in [0.2, 0.25) is 0 Å². The number of hydrogen-bond acceptors (Lipinski definition) is 4. The van der Waals surface area contributed by atoms with Gasteiger partial charge in [0.1, 0.15) is 17.6 Å². The van der Waals surface area contributed by atoms with E-state index in [9.17, 15) is 4.79 Å². The lowest BCUT2D eigenvalue weighted by molar-refractivity contribution is -0.159. The summed E-state index contributed by atoms with van der Waals surface area (Å²) in [6, 6.07) is 29.7. The molecule has 4 rings (SSSR count). The summed E-state index contributed by atoms with van der Waals surface area (Å²) in [4.78, 5) is 12.5. The van der Waals surface area contributed by atoms with Gasteiger partial charge in [-0.2, -0.15) is 0 Å². The Morgan fingerprint density at radius 3 is 1.72 bits per heavy atom. The number of ether oxygens (including phenoxy) is 3. The highest BCUT2D eigenvalue weighted by atomic mass is 16.5. The van der Waals surface area contributed by atoms with Gasteiger partial charge >= 0.3 is 5.97 Å². The normalized spacial score (nSPS) is 15.8. The minimum atomic E-state index is -0.0194. The molecule has 194 valence electrons. The molecule has 2 atom stereocenters. The van der Waals surface area contributed by atoms with Gasteiger partial charge in [-0.05, 0) is 49.4 Å². The van der Waals surface area contributed by atoms with Crippen molar-refractivity contribution >= 4 is 5.97 Å². The van der Waals surface area contributed by atoms with Crippen molar-refractivity contribution in [2.75, 3.05) is 14.2 Å². The second kappa shape index (κ2) is 17.2. The fourth-order valence-corrected chi connectivity index (χ4v) is 4.23. The molecule has 1 fully saturated rings. The smallest absolute Gasteiger partial charge is 0.309 e. The number of benzene rings is 3. The summed E-state index contributed by atoms with van der Waals surface area (Å²) in [6.07, 6.45) is 6.08. The predicted octanol–water partition coefficient (Wildman–Crippen LogP) is 8.08. The van der Waals surface area contributed by atoms with Gasteiger partial charge in [0.05, 0.1) is 20.1 Å². The maximum atomic E-state index is 12.5. The van der Waals surface area contributed by atoms with E-state index in [0.29, 0.717) is 0 Å². The molecule has 3 aromatic rings. The average molecular weight is 491 g/mol. The number of carbonyl (C=O) groups is 1. The maximum absolute atomic E-state index is 12.5. The zero-order valence-corrected chi connectivity index (χ0v) is 22.3. The van der Waals surface area contributed by atoms with Crippen molar-refractivity contribution in [1.29, 1.82) is 0 Å². The molecular formula is C32H42O4. The minimum absolute atomic E-state index is 0.00693. The van der Waals surface area contributed by atoms with Crippen molar-refractivity contribution in [2.24, 2.45) is 5.92 Å². The van der Waals surface area contributed by atoms with E-state index in [1.165, 1.54) is 0 Å². The monoisotopic (exact) mass is 490 g/mol. The van der Waals surface area contributed by atoms with Gasteiger partial charge in [-0.25, -0.2) is 0 Å². The van der Waals surface area contributed by atoms with Crippen LogP contribution in [0.15, 0.2) is 91.0 Å².